The van der Waals surface area contributed by atoms with Crippen molar-refractivity contribution in [3.05, 3.63) is 59.7 Å². The van der Waals surface area contributed by atoms with Crippen molar-refractivity contribution in [3.8, 4) is 5.75 Å². The van der Waals surface area contributed by atoms with E-state index in [1.54, 1.807) is 42.5 Å². The first-order valence-corrected chi connectivity index (χ1v) is 7.47. The number of amides is 2. The molecule has 0 heterocycles. The van der Waals surface area contributed by atoms with E-state index in [9.17, 15) is 14.4 Å². The Morgan fingerprint density at radius 2 is 1.68 bits per heavy atom. The molecule has 3 N–H and O–H groups in total. The maximum absolute atomic E-state index is 12.3. The van der Waals surface area contributed by atoms with Crippen LogP contribution >= 0.6 is 0 Å². The highest BCUT2D eigenvalue weighted by Gasteiger charge is 2.19. The van der Waals surface area contributed by atoms with Crippen LogP contribution in [0.1, 0.15) is 27.6 Å². The first kappa shape index (κ1) is 18.0. The Balaban J connectivity index is 2.18. The summed E-state index contributed by atoms with van der Waals surface area (Å²) in [4.78, 5) is 35.6. The van der Waals surface area contributed by atoms with Gasteiger partial charge in [0.2, 0.25) is 0 Å². The number of carbonyl (C=O) groups excluding carboxylic acids is 3. The molecule has 0 aliphatic carbocycles. The van der Waals surface area contributed by atoms with E-state index < -0.39 is 23.9 Å². The molecule has 2 rings (SSSR count). The number of primary amides is 1. The lowest BCUT2D eigenvalue weighted by Gasteiger charge is -2.13. The van der Waals surface area contributed by atoms with E-state index in [1.807, 2.05) is 0 Å². The van der Waals surface area contributed by atoms with Crippen molar-refractivity contribution in [2.24, 2.45) is 5.73 Å². The zero-order chi connectivity index (χ0) is 18.4. The number of hydrogen-bond donors (Lipinski definition) is 2. The largest absolute Gasteiger partial charge is 0.497 e. The smallest absolute Gasteiger partial charge is 0.341 e. The van der Waals surface area contributed by atoms with Crippen LogP contribution in [0.5, 0.6) is 5.75 Å². The minimum absolute atomic E-state index is 0.123. The Labute approximate surface area is 144 Å². The molecule has 0 saturated heterocycles. The standard InChI is InChI=1S/C18H18N2O5/c1-11(16(19)21)25-18(23)14-5-3-4-6-15(14)20-17(22)12-7-9-13(24-2)10-8-12/h3-11H,1-2H3,(H2,19,21)(H,20,22)/t11-/m0/s1. The number of hydrogen-bond acceptors (Lipinski definition) is 5. The van der Waals surface area contributed by atoms with Gasteiger partial charge in [0, 0.05) is 5.56 Å². The third-order valence-corrected chi connectivity index (χ3v) is 3.43. The minimum Gasteiger partial charge on any atom is -0.497 e. The second-order valence-corrected chi connectivity index (χ2v) is 5.18. The summed E-state index contributed by atoms with van der Waals surface area (Å²) in [6.45, 7) is 1.37. The fraction of sp³-hybridized carbons (Fsp3) is 0.167. The molecule has 0 bridgehead atoms. The summed E-state index contributed by atoms with van der Waals surface area (Å²) >= 11 is 0. The van der Waals surface area contributed by atoms with Gasteiger partial charge < -0.3 is 20.5 Å². The Kier molecular flexibility index (Phi) is 5.73. The van der Waals surface area contributed by atoms with Gasteiger partial charge in [-0.2, -0.15) is 0 Å². The van der Waals surface area contributed by atoms with Gasteiger partial charge in [0.25, 0.3) is 11.8 Å². The molecule has 0 unspecified atom stereocenters. The van der Waals surface area contributed by atoms with Gasteiger partial charge in [0.1, 0.15) is 5.75 Å². The molecular weight excluding hydrogens is 324 g/mol. The van der Waals surface area contributed by atoms with Crippen LogP contribution in [0.4, 0.5) is 5.69 Å². The van der Waals surface area contributed by atoms with Crippen LogP contribution in [0.15, 0.2) is 48.5 Å². The fourth-order valence-electron chi connectivity index (χ4n) is 1.99. The number of methoxy groups -OCH3 is 1. The van der Waals surface area contributed by atoms with E-state index in [4.69, 9.17) is 15.2 Å². The summed E-state index contributed by atoms with van der Waals surface area (Å²) in [5.41, 5.74) is 5.87. The maximum atomic E-state index is 12.3. The van der Waals surface area contributed by atoms with E-state index in [2.05, 4.69) is 5.32 Å². The van der Waals surface area contributed by atoms with Crippen molar-refractivity contribution < 1.29 is 23.9 Å². The van der Waals surface area contributed by atoms with E-state index in [-0.39, 0.29) is 11.3 Å². The predicted octanol–water partition coefficient (Wildman–Crippen LogP) is 1.98. The normalized spacial score (nSPS) is 11.3. The van der Waals surface area contributed by atoms with Crippen LogP contribution in [-0.2, 0) is 9.53 Å². The predicted molar refractivity (Wildman–Crippen MR) is 91.5 cm³/mol. The second-order valence-electron chi connectivity index (χ2n) is 5.18. The number of anilines is 1. The maximum Gasteiger partial charge on any atom is 0.341 e. The van der Waals surface area contributed by atoms with Crippen LogP contribution in [0.2, 0.25) is 0 Å². The molecule has 0 fully saturated rings. The van der Waals surface area contributed by atoms with Crippen molar-refractivity contribution >= 4 is 23.5 Å². The van der Waals surface area contributed by atoms with Gasteiger partial charge in [0.05, 0.1) is 18.4 Å². The first-order valence-electron chi connectivity index (χ1n) is 7.47. The summed E-state index contributed by atoms with van der Waals surface area (Å²) < 4.78 is 10.0. The molecule has 2 aromatic rings. The van der Waals surface area contributed by atoms with Crippen LogP contribution in [-0.4, -0.2) is 31.0 Å². The lowest BCUT2D eigenvalue weighted by Crippen LogP contribution is -2.30. The first-order chi connectivity index (χ1) is 11.9. The molecular formula is C18H18N2O5. The van der Waals surface area contributed by atoms with Gasteiger partial charge in [-0.3, -0.25) is 9.59 Å². The molecule has 0 saturated carbocycles. The van der Waals surface area contributed by atoms with Crippen LogP contribution in [0.25, 0.3) is 0 Å². The lowest BCUT2D eigenvalue weighted by atomic mass is 10.1. The fourth-order valence-corrected chi connectivity index (χ4v) is 1.99. The Hall–Kier alpha value is -3.35. The van der Waals surface area contributed by atoms with Crippen molar-refractivity contribution in [1.82, 2.24) is 0 Å². The molecule has 0 aliphatic rings. The average molecular weight is 342 g/mol. The topological polar surface area (TPSA) is 108 Å². The number of carbonyl (C=O) groups is 3. The van der Waals surface area contributed by atoms with Gasteiger partial charge in [-0.05, 0) is 43.3 Å². The quantitative estimate of drug-likeness (QED) is 0.781. The van der Waals surface area contributed by atoms with E-state index in [1.165, 1.54) is 20.1 Å². The van der Waals surface area contributed by atoms with Crippen molar-refractivity contribution in [3.63, 3.8) is 0 Å². The molecule has 25 heavy (non-hydrogen) atoms. The van der Waals surface area contributed by atoms with Crippen LogP contribution < -0.4 is 15.8 Å². The highest BCUT2D eigenvalue weighted by molar-refractivity contribution is 6.08. The highest BCUT2D eigenvalue weighted by atomic mass is 16.5. The number of nitrogens with one attached hydrogen (secondary N) is 1. The molecule has 7 heteroatoms. The summed E-state index contributed by atoms with van der Waals surface area (Å²) in [7, 11) is 1.53. The summed E-state index contributed by atoms with van der Waals surface area (Å²) in [5.74, 6) is -1.28. The van der Waals surface area contributed by atoms with E-state index in [0.717, 1.165) is 0 Å². The third kappa shape index (κ3) is 4.57. The number of rotatable bonds is 6. The van der Waals surface area contributed by atoms with Crippen molar-refractivity contribution in [1.29, 1.82) is 0 Å². The van der Waals surface area contributed by atoms with Crippen LogP contribution in [0, 0.1) is 0 Å². The van der Waals surface area contributed by atoms with E-state index in [0.29, 0.717) is 11.3 Å². The molecule has 1 atom stereocenters. The lowest BCUT2D eigenvalue weighted by molar-refractivity contribution is -0.125. The number of nitrogens with two attached hydrogens (primary N) is 1. The second kappa shape index (κ2) is 7.96. The molecule has 0 aliphatic heterocycles. The van der Waals surface area contributed by atoms with Gasteiger partial charge in [-0.15, -0.1) is 0 Å². The summed E-state index contributed by atoms with van der Waals surface area (Å²) in [6.07, 6.45) is -1.07. The number of para-hydroxylation sites is 1. The average Bonchev–Trinajstić information content (AvgIpc) is 2.62. The zero-order valence-corrected chi connectivity index (χ0v) is 13.8. The molecule has 0 spiro atoms. The molecule has 2 amide bonds. The van der Waals surface area contributed by atoms with Crippen molar-refractivity contribution in [2.75, 3.05) is 12.4 Å². The molecule has 7 nitrogen and oxygen atoms in total. The Bertz CT molecular complexity index is 786. The summed E-state index contributed by atoms with van der Waals surface area (Å²) in [6, 6.07) is 12.8. The van der Waals surface area contributed by atoms with Crippen molar-refractivity contribution in [2.45, 2.75) is 13.0 Å². The van der Waals surface area contributed by atoms with Crippen LogP contribution in [0.3, 0.4) is 0 Å². The minimum atomic E-state index is -1.07. The zero-order valence-electron chi connectivity index (χ0n) is 13.8. The molecule has 0 aromatic heterocycles. The monoisotopic (exact) mass is 342 g/mol. The molecule has 0 radical (unpaired) electrons. The number of ether oxygens (including phenoxy) is 2. The highest BCUT2D eigenvalue weighted by Crippen LogP contribution is 2.19. The molecule has 130 valence electrons. The molecule has 2 aromatic carbocycles. The Morgan fingerprint density at radius 3 is 2.28 bits per heavy atom. The number of benzene rings is 2. The van der Waals surface area contributed by atoms with Gasteiger partial charge in [-0.25, -0.2) is 4.79 Å². The van der Waals surface area contributed by atoms with Gasteiger partial charge in [-0.1, -0.05) is 12.1 Å². The SMILES string of the molecule is COc1ccc(C(=O)Nc2ccccc2C(=O)O[C@@H](C)C(N)=O)cc1. The Morgan fingerprint density at radius 1 is 1.04 bits per heavy atom. The summed E-state index contributed by atoms with van der Waals surface area (Å²) in [5, 5.41) is 2.65. The number of esters is 1. The van der Waals surface area contributed by atoms with E-state index >= 15 is 0 Å². The third-order valence-electron chi connectivity index (χ3n) is 3.43. The van der Waals surface area contributed by atoms with Gasteiger partial charge >= 0.3 is 5.97 Å². The van der Waals surface area contributed by atoms with Gasteiger partial charge in [0.15, 0.2) is 6.10 Å².